The zero-order valence-electron chi connectivity index (χ0n) is 10.2. The van der Waals surface area contributed by atoms with Gasteiger partial charge in [0.25, 0.3) is 0 Å². The van der Waals surface area contributed by atoms with Crippen LogP contribution in [-0.2, 0) is 9.47 Å². The van der Waals surface area contributed by atoms with Crippen molar-refractivity contribution in [2.24, 2.45) is 0 Å². The molecule has 15 heavy (non-hydrogen) atoms. The number of ether oxygens (including phenoxy) is 2. The number of likely N-dealkylation sites (tertiary alicyclic amines) is 1. The van der Waals surface area contributed by atoms with Crippen LogP contribution in [0.5, 0.6) is 0 Å². The lowest BCUT2D eigenvalue weighted by atomic mass is 10.2. The summed E-state index contributed by atoms with van der Waals surface area (Å²) in [6.07, 6.45) is 5.38. The van der Waals surface area contributed by atoms with Gasteiger partial charge in [0, 0.05) is 19.8 Å². The van der Waals surface area contributed by atoms with Gasteiger partial charge in [-0.25, -0.2) is 0 Å². The molecule has 0 radical (unpaired) electrons. The van der Waals surface area contributed by atoms with Crippen molar-refractivity contribution in [3.05, 3.63) is 0 Å². The van der Waals surface area contributed by atoms with E-state index in [-0.39, 0.29) is 6.29 Å². The van der Waals surface area contributed by atoms with Crippen LogP contribution >= 0.6 is 0 Å². The Bertz CT molecular complexity index is 139. The Labute approximate surface area is 93.7 Å². The zero-order valence-corrected chi connectivity index (χ0v) is 10.2. The average molecular weight is 215 g/mol. The van der Waals surface area contributed by atoms with E-state index in [1.165, 1.54) is 38.8 Å². The molecule has 0 aromatic heterocycles. The largest absolute Gasteiger partial charge is 0.352 e. The molecule has 0 aromatic carbocycles. The van der Waals surface area contributed by atoms with Crippen molar-refractivity contribution >= 4 is 0 Å². The van der Waals surface area contributed by atoms with Gasteiger partial charge in [0.2, 0.25) is 0 Å². The Morgan fingerprint density at radius 3 is 1.93 bits per heavy atom. The highest BCUT2D eigenvalue weighted by Gasteiger charge is 2.15. The summed E-state index contributed by atoms with van der Waals surface area (Å²) in [5.41, 5.74) is 0. The van der Waals surface area contributed by atoms with Gasteiger partial charge in [0.15, 0.2) is 6.29 Å². The van der Waals surface area contributed by atoms with E-state index in [0.717, 1.165) is 19.8 Å². The SMILES string of the molecule is CCOC(CN1CCCCCC1)OCC. The minimum Gasteiger partial charge on any atom is -0.352 e. The molecular formula is C12H25NO2. The third-order valence-corrected chi connectivity index (χ3v) is 2.81. The maximum absolute atomic E-state index is 5.56. The summed E-state index contributed by atoms with van der Waals surface area (Å²) < 4.78 is 11.1. The fraction of sp³-hybridized carbons (Fsp3) is 1.00. The molecule has 0 N–H and O–H groups in total. The molecule has 3 nitrogen and oxygen atoms in total. The maximum atomic E-state index is 5.56. The Balaban J connectivity index is 2.27. The van der Waals surface area contributed by atoms with E-state index < -0.39 is 0 Å². The lowest BCUT2D eigenvalue weighted by Crippen LogP contribution is -2.36. The Morgan fingerprint density at radius 1 is 0.933 bits per heavy atom. The first-order valence-electron chi connectivity index (χ1n) is 6.32. The lowest BCUT2D eigenvalue weighted by molar-refractivity contribution is -0.146. The molecule has 0 unspecified atom stereocenters. The van der Waals surface area contributed by atoms with Gasteiger partial charge >= 0.3 is 0 Å². The second-order valence-electron chi connectivity index (χ2n) is 4.06. The molecule has 1 aliphatic heterocycles. The number of nitrogens with zero attached hydrogens (tertiary/aromatic N) is 1. The third-order valence-electron chi connectivity index (χ3n) is 2.81. The van der Waals surface area contributed by atoms with E-state index in [2.05, 4.69) is 4.90 Å². The molecule has 90 valence electrons. The van der Waals surface area contributed by atoms with Gasteiger partial charge < -0.3 is 9.47 Å². The number of hydrogen-bond acceptors (Lipinski definition) is 3. The van der Waals surface area contributed by atoms with Crippen LogP contribution in [0.3, 0.4) is 0 Å². The van der Waals surface area contributed by atoms with Gasteiger partial charge in [-0.2, -0.15) is 0 Å². The van der Waals surface area contributed by atoms with E-state index in [0.29, 0.717) is 0 Å². The quantitative estimate of drug-likeness (QED) is 0.634. The summed E-state index contributed by atoms with van der Waals surface area (Å²) in [6.45, 7) is 8.86. The highest BCUT2D eigenvalue weighted by Crippen LogP contribution is 2.11. The van der Waals surface area contributed by atoms with Crippen molar-refractivity contribution in [2.45, 2.75) is 45.8 Å². The average Bonchev–Trinajstić information content (AvgIpc) is 2.47. The van der Waals surface area contributed by atoms with Gasteiger partial charge in [-0.3, -0.25) is 4.90 Å². The first-order chi connectivity index (χ1) is 7.36. The summed E-state index contributed by atoms with van der Waals surface area (Å²) in [4.78, 5) is 2.48. The molecule has 1 saturated heterocycles. The van der Waals surface area contributed by atoms with Crippen molar-refractivity contribution in [1.82, 2.24) is 4.90 Å². The van der Waals surface area contributed by atoms with Crippen LogP contribution in [0.1, 0.15) is 39.5 Å². The summed E-state index contributed by atoms with van der Waals surface area (Å²) in [6, 6.07) is 0. The molecule has 0 atom stereocenters. The maximum Gasteiger partial charge on any atom is 0.170 e. The fourth-order valence-corrected chi connectivity index (χ4v) is 2.05. The van der Waals surface area contributed by atoms with E-state index >= 15 is 0 Å². The van der Waals surface area contributed by atoms with Crippen molar-refractivity contribution < 1.29 is 9.47 Å². The zero-order chi connectivity index (χ0) is 10.9. The van der Waals surface area contributed by atoms with E-state index in [1.807, 2.05) is 13.8 Å². The lowest BCUT2D eigenvalue weighted by Gasteiger charge is -2.25. The van der Waals surface area contributed by atoms with Crippen molar-refractivity contribution in [2.75, 3.05) is 32.8 Å². The molecule has 0 amide bonds. The van der Waals surface area contributed by atoms with Gasteiger partial charge in [0.1, 0.15) is 0 Å². The summed E-state index contributed by atoms with van der Waals surface area (Å²) in [5.74, 6) is 0. The van der Waals surface area contributed by atoms with Crippen LogP contribution in [0, 0.1) is 0 Å². The van der Waals surface area contributed by atoms with Gasteiger partial charge in [-0.15, -0.1) is 0 Å². The standard InChI is InChI=1S/C12H25NO2/c1-3-14-12(15-4-2)11-13-9-7-5-6-8-10-13/h12H,3-11H2,1-2H3. The Kier molecular flexibility index (Phi) is 6.98. The molecule has 1 fully saturated rings. The monoisotopic (exact) mass is 215 g/mol. The third kappa shape index (κ3) is 5.50. The summed E-state index contributed by atoms with van der Waals surface area (Å²) in [7, 11) is 0. The van der Waals surface area contributed by atoms with E-state index in [9.17, 15) is 0 Å². The van der Waals surface area contributed by atoms with Gasteiger partial charge in [-0.05, 0) is 39.8 Å². The molecule has 1 heterocycles. The molecule has 0 bridgehead atoms. The van der Waals surface area contributed by atoms with Crippen LogP contribution in [0.15, 0.2) is 0 Å². The molecule has 0 aliphatic carbocycles. The van der Waals surface area contributed by atoms with Crippen LogP contribution in [0.2, 0.25) is 0 Å². The second kappa shape index (κ2) is 8.08. The first-order valence-corrected chi connectivity index (χ1v) is 6.32. The predicted molar refractivity (Wildman–Crippen MR) is 61.9 cm³/mol. The topological polar surface area (TPSA) is 21.7 Å². The highest BCUT2D eigenvalue weighted by molar-refractivity contribution is 4.64. The highest BCUT2D eigenvalue weighted by atomic mass is 16.7. The van der Waals surface area contributed by atoms with Crippen LogP contribution in [0.4, 0.5) is 0 Å². The summed E-state index contributed by atoms with van der Waals surface area (Å²) in [5, 5.41) is 0. The van der Waals surface area contributed by atoms with Crippen LogP contribution < -0.4 is 0 Å². The number of hydrogen-bond donors (Lipinski definition) is 0. The van der Waals surface area contributed by atoms with E-state index in [4.69, 9.17) is 9.47 Å². The molecule has 0 saturated carbocycles. The Hall–Kier alpha value is -0.120. The Morgan fingerprint density at radius 2 is 1.47 bits per heavy atom. The normalized spacial score (nSPS) is 19.4. The molecule has 1 aliphatic rings. The van der Waals surface area contributed by atoms with Crippen molar-refractivity contribution in [1.29, 1.82) is 0 Å². The van der Waals surface area contributed by atoms with Crippen LogP contribution in [-0.4, -0.2) is 44.0 Å². The van der Waals surface area contributed by atoms with Crippen molar-refractivity contribution in [3.8, 4) is 0 Å². The van der Waals surface area contributed by atoms with Gasteiger partial charge in [0.05, 0.1) is 0 Å². The molecule has 0 spiro atoms. The van der Waals surface area contributed by atoms with E-state index in [1.54, 1.807) is 0 Å². The van der Waals surface area contributed by atoms with Crippen LogP contribution in [0.25, 0.3) is 0 Å². The second-order valence-corrected chi connectivity index (χ2v) is 4.06. The van der Waals surface area contributed by atoms with Gasteiger partial charge in [-0.1, -0.05) is 12.8 Å². The minimum absolute atomic E-state index is 0.0295. The summed E-state index contributed by atoms with van der Waals surface area (Å²) >= 11 is 0. The number of rotatable bonds is 6. The van der Waals surface area contributed by atoms with Crippen molar-refractivity contribution in [3.63, 3.8) is 0 Å². The predicted octanol–water partition coefficient (Wildman–Crippen LogP) is 2.26. The molecule has 3 heteroatoms. The minimum atomic E-state index is -0.0295. The molecule has 1 rings (SSSR count). The molecule has 0 aromatic rings. The molecular weight excluding hydrogens is 190 g/mol. The first kappa shape index (κ1) is 12.9. The fourth-order valence-electron chi connectivity index (χ4n) is 2.05. The smallest absolute Gasteiger partial charge is 0.170 e.